The molecular formula is C12H23ClO. The summed E-state index contributed by atoms with van der Waals surface area (Å²) in [6.45, 7) is 6.51. The predicted molar refractivity (Wildman–Crippen MR) is 62.0 cm³/mol. The van der Waals surface area contributed by atoms with Crippen molar-refractivity contribution in [2.75, 3.05) is 0 Å². The normalized spacial score (nSPS) is 27.9. The Kier molecular flexibility index (Phi) is 4.72. The molecule has 2 heteroatoms. The van der Waals surface area contributed by atoms with Crippen LogP contribution in [-0.4, -0.2) is 17.1 Å². The number of rotatable bonds is 5. The van der Waals surface area contributed by atoms with Gasteiger partial charge in [-0.1, -0.05) is 6.92 Å². The van der Waals surface area contributed by atoms with E-state index in [2.05, 4.69) is 20.8 Å². The summed E-state index contributed by atoms with van der Waals surface area (Å²) in [6.07, 6.45) is 7.54. The predicted octanol–water partition coefficient (Wildman–Crippen LogP) is 4.13. The molecule has 1 aliphatic rings. The Morgan fingerprint density at radius 2 is 2.21 bits per heavy atom. The zero-order valence-electron chi connectivity index (χ0n) is 9.68. The molecule has 0 saturated carbocycles. The molecule has 2 atom stereocenters. The van der Waals surface area contributed by atoms with Crippen LogP contribution in [0.25, 0.3) is 0 Å². The molecule has 1 nitrogen and oxygen atoms in total. The van der Waals surface area contributed by atoms with Gasteiger partial charge in [0, 0.05) is 5.38 Å². The Bertz CT molecular complexity index is 168. The summed E-state index contributed by atoms with van der Waals surface area (Å²) < 4.78 is 5.92. The van der Waals surface area contributed by atoms with Gasteiger partial charge >= 0.3 is 0 Å². The Morgan fingerprint density at radius 3 is 2.71 bits per heavy atom. The molecule has 2 unspecified atom stereocenters. The molecule has 1 rings (SSSR count). The van der Waals surface area contributed by atoms with Crippen molar-refractivity contribution in [3.8, 4) is 0 Å². The van der Waals surface area contributed by atoms with Gasteiger partial charge in [-0.3, -0.25) is 0 Å². The molecule has 84 valence electrons. The van der Waals surface area contributed by atoms with Crippen LogP contribution in [0, 0.1) is 0 Å². The van der Waals surface area contributed by atoms with Gasteiger partial charge in [-0.25, -0.2) is 0 Å². The SMILES string of the molecule is CCC(Cl)CCCC1CCC(C)(C)O1. The molecule has 0 bridgehead atoms. The van der Waals surface area contributed by atoms with Gasteiger partial charge in [-0.15, -0.1) is 11.6 Å². The number of alkyl halides is 1. The lowest BCUT2D eigenvalue weighted by molar-refractivity contribution is -0.0190. The highest BCUT2D eigenvalue weighted by atomic mass is 35.5. The summed E-state index contributed by atoms with van der Waals surface area (Å²) in [6, 6.07) is 0. The maximum Gasteiger partial charge on any atom is 0.0631 e. The minimum Gasteiger partial charge on any atom is -0.372 e. The lowest BCUT2D eigenvalue weighted by Crippen LogP contribution is -2.20. The fourth-order valence-electron chi connectivity index (χ4n) is 2.05. The maximum atomic E-state index is 6.07. The fourth-order valence-corrected chi connectivity index (χ4v) is 2.21. The first kappa shape index (κ1) is 12.3. The third-order valence-electron chi connectivity index (χ3n) is 3.04. The van der Waals surface area contributed by atoms with Crippen LogP contribution in [0.15, 0.2) is 0 Å². The van der Waals surface area contributed by atoms with Crippen molar-refractivity contribution < 1.29 is 4.74 Å². The molecule has 0 N–H and O–H groups in total. The molecular weight excluding hydrogens is 196 g/mol. The monoisotopic (exact) mass is 218 g/mol. The lowest BCUT2D eigenvalue weighted by Gasteiger charge is -2.19. The zero-order chi connectivity index (χ0) is 10.6. The van der Waals surface area contributed by atoms with E-state index in [1.54, 1.807) is 0 Å². The smallest absolute Gasteiger partial charge is 0.0631 e. The van der Waals surface area contributed by atoms with Crippen molar-refractivity contribution in [2.24, 2.45) is 0 Å². The lowest BCUT2D eigenvalue weighted by atomic mass is 10.0. The van der Waals surface area contributed by atoms with Crippen LogP contribution in [0.3, 0.4) is 0 Å². The van der Waals surface area contributed by atoms with Crippen molar-refractivity contribution in [1.82, 2.24) is 0 Å². The third kappa shape index (κ3) is 4.18. The highest BCUT2D eigenvalue weighted by Gasteiger charge is 2.30. The summed E-state index contributed by atoms with van der Waals surface area (Å²) in [5, 5.41) is 0.365. The van der Waals surface area contributed by atoms with E-state index in [0.717, 1.165) is 12.8 Å². The van der Waals surface area contributed by atoms with Crippen LogP contribution in [-0.2, 0) is 4.74 Å². The third-order valence-corrected chi connectivity index (χ3v) is 3.57. The van der Waals surface area contributed by atoms with Gasteiger partial charge in [0.2, 0.25) is 0 Å². The Balaban J connectivity index is 2.09. The van der Waals surface area contributed by atoms with Gasteiger partial charge in [-0.05, 0) is 52.4 Å². The molecule has 0 aromatic carbocycles. The highest BCUT2D eigenvalue weighted by Crippen LogP contribution is 2.32. The number of hydrogen-bond acceptors (Lipinski definition) is 1. The van der Waals surface area contributed by atoms with Crippen molar-refractivity contribution >= 4 is 11.6 Å². The van der Waals surface area contributed by atoms with Gasteiger partial charge < -0.3 is 4.74 Å². The largest absolute Gasteiger partial charge is 0.372 e. The summed E-state index contributed by atoms with van der Waals surface area (Å²) >= 11 is 6.07. The van der Waals surface area contributed by atoms with Gasteiger partial charge in [0.1, 0.15) is 0 Å². The van der Waals surface area contributed by atoms with E-state index in [4.69, 9.17) is 16.3 Å². The average molecular weight is 219 g/mol. The number of halogens is 1. The average Bonchev–Trinajstić information content (AvgIpc) is 2.45. The van der Waals surface area contributed by atoms with Crippen molar-refractivity contribution in [3.63, 3.8) is 0 Å². The Labute approximate surface area is 93.2 Å². The standard InChI is InChI=1S/C12H23ClO/c1-4-10(13)6-5-7-11-8-9-12(2,3)14-11/h10-11H,4-9H2,1-3H3. The van der Waals surface area contributed by atoms with E-state index in [1.807, 2.05) is 0 Å². The second-order valence-electron chi connectivity index (χ2n) is 4.97. The van der Waals surface area contributed by atoms with E-state index in [-0.39, 0.29) is 5.60 Å². The number of hydrogen-bond donors (Lipinski definition) is 0. The maximum absolute atomic E-state index is 6.07. The molecule has 0 spiro atoms. The first-order chi connectivity index (χ1) is 6.53. The van der Waals surface area contributed by atoms with E-state index >= 15 is 0 Å². The Hall–Kier alpha value is 0.250. The number of ether oxygens (including phenoxy) is 1. The molecule has 14 heavy (non-hydrogen) atoms. The topological polar surface area (TPSA) is 9.23 Å². The van der Waals surface area contributed by atoms with E-state index < -0.39 is 0 Å². The summed E-state index contributed by atoms with van der Waals surface area (Å²) in [5.74, 6) is 0. The van der Waals surface area contributed by atoms with Gasteiger partial charge in [-0.2, -0.15) is 0 Å². The molecule has 1 aliphatic heterocycles. The molecule has 1 heterocycles. The van der Waals surface area contributed by atoms with Gasteiger partial charge in [0.15, 0.2) is 0 Å². The van der Waals surface area contributed by atoms with Crippen LogP contribution in [0.1, 0.15) is 59.3 Å². The summed E-state index contributed by atoms with van der Waals surface area (Å²) in [5.41, 5.74) is 0.121. The second kappa shape index (κ2) is 5.37. The second-order valence-corrected chi connectivity index (χ2v) is 5.59. The van der Waals surface area contributed by atoms with Gasteiger partial charge in [0.05, 0.1) is 11.7 Å². The van der Waals surface area contributed by atoms with Crippen LogP contribution in [0.5, 0.6) is 0 Å². The van der Waals surface area contributed by atoms with E-state index in [1.165, 1.54) is 25.7 Å². The molecule has 0 amide bonds. The van der Waals surface area contributed by atoms with Crippen molar-refractivity contribution in [2.45, 2.75) is 76.4 Å². The zero-order valence-corrected chi connectivity index (χ0v) is 10.4. The van der Waals surface area contributed by atoms with Crippen LogP contribution in [0.2, 0.25) is 0 Å². The van der Waals surface area contributed by atoms with E-state index in [9.17, 15) is 0 Å². The summed E-state index contributed by atoms with van der Waals surface area (Å²) in [4.78, 5) is 0. The van der Waals surface area contributed by atoms with Crippen molar-refractivity contribution in [1.29, 1.82) is 0 Å². The molecule has 1 saturated heterocycles. The minimum absolute atomic E-state index is 0.121. The van der Waals surface area contributed by atoms with Gasteiger partial charge in [0.25, 0.3) is 0 Å². The Morgan fingerprint density at radius 1 is 1.50 bits per heavy atom. The molecule has 0 radical (unpaired) electrons. The first-order valence-electron chi connectivity index (χ1n) is 5.85. The van der Waals surface area contributed by atoms with Crippen LogP contribution in [0.4, 0.5) is 0 Å². The minimum atomic E-state index is 0.121. The van der Waals surface area contributed by atoms with Crippen molar-refractivity contribution in [3.05, 3.63) is 0 Å². The first-order valence-corrected chi connectivity index (χ1v) is 6.29. The molecule has 0 aliphatic carbocycles. The molecule has 1 fully saturated rings. The van der Waals surface area contributed by atoms with Crippen LogP contribution >= 0.6 is 11.6 Å². The summed E-state index contributed by atoms with van der Waals surface area (Å²) in [7, 11) is 0. The quantitative estimate of drug-likeness (QED) is 0.631. The molecule has 0 aromatic heterocycles. The van der Waals surface area contributed by atoms with Crippen LogP contribution < -0.4 is 0 Å². The van der Waals surface area contributed by atoms with E-state index in [0.29, 0.717) is 11.5 Å². The fraction of sp³-hybridized carbons (Fsp3) is 1.00. The highest BCUT2D eigenvalue weighted by molar-refractivity contribution is 6.20. The molecule has 0 aromatic rings.